The number of thiophene rings is 1. The largest absolute Gasteiger partial charge is 0.466 e. The fourth-order valence-electron chi connectivity index (χ4n) is 2.14. The first-order valence-corrected chi connectivity index (χ1v) is 8.00. The molecule has 110 valence electrons. The molecule has 1 aromatic rings. The molecule has 0 radical (unpaired) electrons. The Labute approximate surface area is 123 Å². The van der Waals surface area contributed by atoms with Crippen LogP contribution in [-0.4, -0.2) is 35.8 Å². The maximum atomic E-state index is 12.0. The van der Waals surface area contributed by atoms with Gasteiger partial charge in [-0.2, -0.15) is 0 Å². The minimum absolute atomic E-state index is 0.126. The molecule has 0 aliphatic heterocycles. The predicted octanol–water partition coefficient (Wildman–Crippen LogP) is 2.62. The molecule has 5 heteroatoms. The lowest BCUT2D eigenvalue weighted by atomic mass is 10.2. The van der Waals surface area contributed by atoms with Gasteiger partial charge in [-0.05, 0) is 31.2 Å². The van der Waals surface area contributed by atoms with Crippen LogP contribution in [0.3, 0.4) is 0 Å². The second-order valence-corrected chi connectivity index (χ2v) is 6.09. The molecule has 0 spiro atoms. The molecule has 0 saturated heterocycles. The monoisotopic (exact) mass is 295 g/mol. The Kier molecular flexibility index (Phi) is 5.73. The Morgan fingerprint density at radius 2 is 2.20 bits per heavy atom. The maximum Gasteiger partial charge on any atom is 0.306 e. The summed E-state index contributed by atoms with van der Waals surface area (Å²) in [7, 11) is 0. The van der Waals surface area contributed by atoms with E-state index in [0.717, 1.165) is 6.54 Å². The van der Waals surface area contributed by atoms with Gasteiger partial charge in [0.1, 0.15) is 5.78 Å². The molecule has 0 N–H and O–H groups in total. The van der Waals surface area contributed by atoms with Gasteiger partial charge < -0.3 is 4.74 Å². The highest BCUT2D eigenvalue weighted by Gasteiger charge is 2.30. The van der Waals surface area contributed by atoms with E-state index in [1.54, 1.807) is 18.3 Å². The highest BCUT2D eigenvalue weighted by Crippen LogP contribution is 2.29. The molecule has 1 aromatic heterocycles. The average molecular weight is 295 g/mol. The average Bonchev–Trinajstić information content (AvgIpc) is 3.15. The summed E-state index contributed by atoms with van der Waals surface area (Å²) in [5.41, 5.74) is 0. The van der Waals surface area contributed by atoms with Crippen LogP contribution >= 0.6 is 11.3 Å². The van der Waals surface area contributed by atoms with Crippen LogP contribution in [0.15, 0.2) is 17.5 Å². The fraction of sp³-hybridized carbons (Fsp3) is 0.600. The fourth-order valence-corrected chi connectivity index (χ4v) is 2.87. The van der Waals surface area contributed by atoms with Gasteiger partial charge in [0.15, 0.2) is 0 Å². The number of ketones is 1. The Balaban J connectivity index is 1.76. The van der Waals surface area contributed by atoms with Crippen molar-refractivity contribution in [2.45, 2.75) is 45.2 Å². The van der Waals surface area contributed by atoms with E-state index in [0.29, 0.717) is 19.2 Å². The van der Waals surface area contributed by atoms with Gasteiger partial charge in [0.2, 0.25) is 0 Å². The van der Waals surface area contributed by atoms with Crippen molar-refractivity contribution in [3.8, 4) is 0 Å². The second-order valence-electron chi connectivity index (χ2n) is 5.06. The van der Waals surface area contributed by atoms with Crippen molar-refractivity contribution in [1.29, 1.82) is 0 Å². The van der Waals surface area contributed by atoms with Crippen molar-refractivity contribution in [3.63, 3.8) is 0 Å². The summed E-state index contributed by atoms with van der Waals surface area (Å²) in [6.07, 6.45) is 2.84. The smallest absolute Gasteiger partial charge is 0.306 e. The van der Waals surface area contributed by atoms with Crippen LogP contribution in [0.4, 0.5) is 0 Å². The minimum atomic E-state index is -0.280. The van der Waals surface area contributed by atoms with Crippen molar-refractivity contribution >= 4 is 23.1 Å². The molecule has 1 saturated carbocycles. The summed E-state index contributed by atoms with van der Waals surface area (Å²) in [5.74, 6) is -0.154. The SMILES string of the molecule is CCOC(=O)CCC(=O)CN(Cc1cccs1)C1CC1. The predicted molar refractivity (Wildman–Crippen MR) is 78.6 cm³/mol. The van der Waals surface area contributed by atoms with E-state index < -0.39 is 0 Å². The number of nitrogens with zero attached hydrogens (tertiary/aromatic N) is 1. The third-order valence-electron chi connectivity index (χ3n) is 3.30. The number of carbonyl (C=O) groups is 2. The zero-order chi connectivity index (χ0) is 14.4. The lowest BCUT2D eigenvalue weighted by molar-refractivity contribution is -0.144. The maximum absolute atomic E-state index is 12.0. The summed E-state index contributed by atoms with van der Waals surface area (Å²) in [6, 6.07) is 4.68. The molecule has 1 aliphatic carbocycles. The van der Waals surface area contributed by atoms with Gasteiger partial charge in [0.05, 0.1) is 19.6 Å². The van der Waals surface area contributed by atoms with Crippen molar-refractivity contribution < 1.29 is 14.3 Å². The van der Waals surface area contributed by atoms with E-state index in [4.69, 9.17) is 4.74 Å². The van der Waals surface area contributed by atoms with E-state index in [1.807, 2.05) is 6.07 Å². The topological polar surface area (TPSA) is 46.6 Å². The second kappa shape index (κ2) is 7.55. The van der Waals surface area contributed by atoms with Gasteiger partial charge >= 0.3 is 5.97 Å². The van der Waals surface area contributed by atoms with Gasteiger partial charge in [0, 0.05) is 23.9 Å². The standard InChI is InChI=1S/C15H21NO3S/c1-2-19-15(18)8-7-13(17)10-16(12-5-6-12)11-14-4-3-9-20-14/h3-4,9,12H,2,5-8,10-11H2,1H3. The Morgan fingerprint density at radius 1 is 1.40 bits per heavy atom. The van der Waals surface area contributed by atoms with Gasteiger partial charge in [-0.25, -0.2) is 0 Å². The van der Waals surface area contributed by atoms with E-state index in [-0.39, 0.29) is 24.6 Å². The summed E-state index contributed by atoms with van der Waals surface area (Å²) >= 11 is 1.72. The molecular formula is C15H21NO3S. The van der Waals surface area contributed by atoms with E-state index >= 15 is 0 Å². The van der Waals surface area contributed by atoms with Crippen LogP contribution in [0.2, 0.25) is 0 Å². The zero-order valence-corrected chi connectivity index (χ0v) is 12.7. The number of esters is 1. The molecule has 0 atom stereocenters. The lowest BCUT2D eigenvalue weighted by Gasteiger charge is -2.20. The number of carbonyl (C=O) groups excluding carboxylic acids is 2. The van der Waals surface area contributed by atoms with Crippen LogP contribution in [-0.2, 0) is 20.9 Å². The number of hydrogen-bond acceptors (Lipinski definition) is 5. The summed E-state index contributed by atoms with van der Waals surface area (Å²) < 4.78 is 4.84. The van der Waals surface area contributed by atoms with Crippen LogP contribution in [0, 0.1) is 0 Å². The summed E-state index contributed by atoms with van der Waals surface area (Å²) in [4.78, 5) is 26.7. The van der Waals surface area contributed by atoms with Crippen molar-refractivity contribution in [3.05, 3.63) is 22.4 Å². The van der Waals surface area contributed by atoms with Gasteiger partial charge in [-0.15, -0.1) is 11.3 Å². The highest BCUT2D eigenvalue weighted by atomic mass is 32.1. The third-order valence-corrected chi connectivity index (χ3v) is 4.16. The van der Waals surface area contributed by atoms with E-state index in [1.165, 1.54) is 17.7 Å². The molecule has 1 heterocycles. The Hall–Kier alpha value is -1.20. The normalized spacial score (nSPS) is 14.5. The summed E-state index contributed by atoms with van der Waals surface area (Å²) in [5, 5.41) is 2.06. The highest BCUT2D eigenvalue weighted by molar-refractivity contribution is 7.09. The number of rotatable bonds is 9. The number of ether oxygens (including phenoxy) is 1. The lowest BCUT2D eigenvalue weighted by Crippen LogP contribution is -2.31. The molecule has 1 fully saturated rings. The van der Waals surface area contributed by atoms with Gasteiger partial charge in [-0.3, -0.25) is 14.5 Å². The van der Waals surface area contributed by atoms with Crippen LogP contribution < -0.4 is 0 Å². The summed E-state index contributed by atoms with van der Waals surface area (Å²) in [6.45, 7) is 3.44. The van der Waals surface area contributed by atoms with Crippen LogP contribution in [0.25, 0.3) is 0 Å². The van der Waals surface area contributed by atoms with Gasteiger partial charge in [-0.1, -0.05) is 6.07 Å². The molecule has 4 nitrogen and oxygen atoms in total. The Morgan fingerprint density at radius 3 is 2.80 bits per heavy atom. The Bertz CT molecular complexity index is 440. The zero-order valence-electron chi connectivity index (χ0n) is 11.8. The molecule has 0 aromatic carbocycles. The molecule has 20 heavy (non-hydrogen) atoms. The first-order chi connectivity index (χ1) is 9.69. The van der Waals surface area contributed by atoms with E-state index in [9.17, 15) is 9.59 Å². The molecule has 2 rings (SSSR count). The van der Waals surface area contributed by atoms with Crippen molar-refractivity contribution in [2.75, 3.05) is 13.2 Å². The van der Waals surface area contributed by atoms with Crippen molar-refractivity contribution in [1.82, 2.24) is 4.90 Å². The molecular weight excluding hydrogens is 274 g/mol. The first kappa shape index (κ1) is 15.2. The molecule has 0 amide bonds. The molecule has 0 unspecified atom stereocenters. The van der Waals surface area contributed by atoms with E-state index in [2.05, 4.69) is 16.3 Å². The number of hydrogen-bond donors (Lipinski definition) is 0. The van der Waals surface area contributed by atoms with Gasteiger partial charge in [0.25, 0.3) is 0 Å². The number of Topliss-reactive ketones (excluding diaryl/α,β-unsaturated/α-hetero) is 1. The molecule has 1 aliphatic rings. The quantitative estimate of drug-likeness (QED) is 0.657. The third kappa shape index (κ3) is 5.06. The van der Waals surface area contributed by atoms with Crippen LogP contribution in [0.5, 0.6) is 0 Å². The van der Waals surface area contributed by atoms with Crippen molar-refractivity contribution in [2.24, 2.45) is 0 Å². The van der Waals surface area contributed by atoms with Crippen LogP contribution in [0.1, 0.15) is 37.5 Å². The first-order valence-electron chi connectivity index (χ1n) is 7.12. The molecule has 0 bridgehead atoms. The minimum Gasteiger partial charge on any atom is -0.466 e.